The van der Waals surface area contributed by atoms with Gasteiger partial charge in [0.25, 0.3) is 11.5 Å². The Kier molecular flexibility index (Phi) is 5.03. The molecule has 1 saturated carbocycles. The zero-order valence-corrected chi connectivity index (χ0v) is 14.5. The van der Waals surface area contributed by atoms with Gasteiger partial charge in [-0.3, -0.25) is 9.59 Å². The van der Waals surface area contributed by atoms with Crippen molar-refractivity contribution in [2.75, 3.05) is 0 Å². The normalized spacial score (nSPS) is 20.9. The average Bonchev–Trinajstić information content (AvgIpc) is 2.59. The predicted molar refractivity (Wildman–Crippen MR) is 97.4 cm³/mol. The number of carbonyl (C=O) groups excluding carboxylic acids is 1. The minimum Gasteiger partial charge on any atom is -0.349 e. The Labute approximate surface area is 142 Å². The van der Waals surface area contributed by atoms with E-state index in [2.05, 4.69) is 12.2 Å². The van der Waals surface area contributed by atoms with Crippen LogP contribution in [0.4, 0.5) is 0 Å². The fraction of sp³-hybridized carbons (Fsp3) is 0.500. The highest BCUT2D eigenvalue weighted by molar-refractivity contribution is 5.97. The van der Waals surface area contributed by atoms with Gasteiger partial charge in [-0.05, 0) is 55.5 Å². The summed E-state index contributed by atoms with van der Waals surface area (Å²) in [5, 5.41) is 4.02. The Morgan fingerprint density at radius 3 is 2.62 bits per heavy atom. The molecule has 1 aliphatic carbocycles. The highest BCUT2D eigenvalue weighted by atomic mass is 16.2. The molecule has 1 heterocycles. The van der Waals surface area contributed by atoms with Crippen LogP contribution >= 0.6 is 0 Å². The third-order valence-corrected chi connectivity index (χ3v) is 5.05. The number of aromatic nitrogens is 1. The first kappa shape index (κ1) is 16.7. The Morgan fingerprint density at radius 2 is 1.92 bits per heavy atom. The van der Waals surface area contributed by atoms with Crippen molar-refractivity contribution >= 4 is 16.8 Å². The van der Waals surface area contributed by atoms with Gasteiger partial charge in [-0.2, -0.15) is 0 Å². The first-order chi connectivity index (χ1) is 11.6. The van der Waals surface area contributed by atoms with E-state index in [4.69, 9.17) is 0 Å². The SMILES string of the molecule is CCCn1c(=O)c(C(=O)NC2CCC(C)CC2)cc2ccccc21. The summed E-state index contributed by atoms with van der Waals surface area (Å²) in [5.74, 6) is 0.510. The number of fused-ring (bicyclic) bond motifs is 1. The number of hydrogen-bond acceptors (Lipinski definition) is 2. The number of para-hydroxylation sites is 1. The summed E-state index contributed by atoms with van der Waals surface area (Å²) in [4.78, 5) is 25.5. The van der Waals surface area contributed by atoms with Crippen LogP contribution in [0.5, 0.6) is 0 Å². The number of nitrogens with one attached hydrogen (secondary N) is 1. The number of nitrogens with zero attached hydrogens (tertiary/aromatic N) is 1. The van der Waals surface area contributed by atoms with Gasteiger partial charge in [-0.25, -0.2) is 0 Å². The predicted octanol–water partition coefficient (Wildman–Crippen LogP) is 3.72. The maximum atomic E-state index is 12.8. The molecular weight excluding hydrogens is 300 g/mol. The number of amides is 1. The van der Waals surface area contributed by atoms with Crippen LogP contribution in [0.15, 0.2) is 35.1 Å². The van der Waals surface area contributed by atoms with E-state index in [-0.39, 0.29) is 23.1 Å². The summed E-state index contributed by atoms with van der Waals surface area (Å²) in [6.07, 6.45) is 5.15. The number of hydrogen-bond donors (Lipinski definition) is 1. The van der Waals surface area contributed by atoms with Gasteiger partial charge < -0.3 is 9.88 Å². The zero-order valence-electron chi connectivity index (χ0n) is 14.5. The van der Waals surface area contributed by atoms with Gasteiger partial charge in [0.1, 0.15) is 5.56 Å². The van der Waals surface area contributed by atoms with Crippen molar-refractivity contribution in [3.05, 3.63) is 46.2 Å². The van der Waals surface area contributed by atoms with E-state index in [0.717, 1.165) is 48.9 Å². The summed E-state index contributed by atoms with van der Waals surface area (Å²) in [5.41, 5.74) is 0.977. The largest absolute Gasteiger partial charge is 0.349 e. The summed E-state index contributed by atoms with van der Waals surface area (Å²) < 4.78 is 1.73. The second-order valence-corrected chi connectivity index (χ2v) is 7.00. The lowest BCUT2D eigenvalue weighted by atomic mass is 9.87. The molecule has 0 spiro atoms. The molecule has 0 unspecified atom stereocenters. The third kappa shape index (κ3) is 3.37. The molecule has 0 radical (unpaired) electrons. The fourth-order valence-corrected chi connectivity index (χ4v) is 3.60. The monoisotopic (exact) mass is 326 g/mol. The average molecular weight is 326 g/mol. The highest BCUT2D eigenvalue weighted by Crippen LogP contribution is 2.23. The Bertz CT molecular complexity index is 786. The third-order valence-electron chi connectivity index (χ3n) is 5.05. The lowest BCUT2D eigenvalue weighted by Crippen LogP contribution is -2.40. The van der Waals surface area contributed by atoms with Crippen LogP contribution in [0, 0.1) is 5.92 Å². The van der Waals surface area contributed by atoms with Crippen LogP contribution in [0.25, 0.3) is 10.9 Å². The van der Waals surface area contributed by atoms with Gasteiger partial charge in [-0.1, -0.05) is 32.0 Å². The van der Waals surface area contributed by atoms with Crippen molar-refractivity contribution in [2.45, 2.75) is 58.5 Å². The van der Waals surface area contributed by atoms with E-state index in [1.54, 1.807) is 10.6 Å². The molecule has 3 rings (SSSR count). The molecule has 2 aromatic rings. The molecule has 4 heteroatoms. The first-order valence-electron chi connectivity index (χ1n) is 9.03. The zero-order chi connectivity index (χ0) is 17.1. The lowest BCUT2D eigenvalue weighted by Gasteiger charge is -2.27. The summed E-state index contributed by atoms with van der Waals surface area (Å²) in [6, 6.07) is 9.70. The summed E-state index contributed by atoms with van der Waals surface area (Å²) >= 11 is 0. The summed E-state index contributed by atoms with van der Waals surface area (Å²) in [7, 11) is 0. The van der Waals surface area contributed by atoms with Crippen molar-refractivity contribution in [3.63, 3.8) is 0 Å². The fourth-order valence-electron chi connectivity index (χ4n) is 3.60. The summed E-state index contributed by atoms with van der Waals surface area (Å²) in [6.45, 7) is 4.92. The molecular formula is C20H26N2O2. The number of benzene rings is 1. The van der Waals surface area contributed by atoms with Crippen LogP contribution < -0.4 is 10.9 Å². The van der Waals surface area contributed by atoms with Crippen LogP contribution in [0.3, 0.4) is 0 Å². The van der Waals surface area contributed by atoms with Crippen molar-refractivity contribution < 1.29 is 4.79 Å². The van der Waals surface area contributed by atoms with E-state index < -0.39 is 0 Å². The number of rotatable bonds is 4. The molecule has 1 N–H and O–H groups in total. The molecule has 1 aliphatic rings. The Balaban J connectivity index is 1.92. The van der Waals surface area contributed by atoms with Gasteiger partial charge in [0.2, 0.25) is 0 Å². The topological polar surface area (TPSA) is 51.1 Å². The molecule has 0 bridgehead atoms. The minimum absolute atomic E-state index is 0.183. The number of pyridine rings is 1. The minimum atomic E-state index is -0.227. The van der Waals surface area contributed by atoms with Crippen molar-refractivity contribution in [1.29, 1.82) is 0 Å². The molecule has 1 aromatic heterocycles. The van der Waals surface area contributed by atoms with Crippen molar-refractivity contribution in [3.8, 4) is 0 Å². The van der Waals surface area contributed by atoms with E-state index in [1.165, 1.54) is 0 Å². The molecule has 1 fully saturated rings. The molecule has 0 atom stereocenters. The lowest BCUT2D eigenvalue weighted by molar-refractivity contribution is 0.0921. The molecule has 1 amide bonds. The smallest absolute Gasteiger partial charge is 0.263 e. The molecule has 24 heavy (non-hydrogen) atoms. The van der Waals surface area contributed by atoms with Gasteiger partial charge in [0, 0.05) is 12.6 Å². The maximum absolute atomic E-state index is 12.8. The molecule has 4 nitrogen and oxygen atoms in total. The van der Waals surface area contributed by atoms with Crippen molar-refractivity contribution in [1.82, 2.24) is 9.88 Å². The van der Waals surface area contributed by atoms with E-state index in [9.17, 15) is 9.59 Å². The number of carbonyl (C=O) groups is 1. The van der Waals surface area contributed by atoms with Gasteiger partial charge in [0.05, 0.1) is 5.52 Å². The van der Waals surface area contributed by atoms with Gasteiger partial charge >= 0.3 is 0 Å². The van der Waals surface area contributed by atoms with Crippen LogP contribution in [-0.2, 0) is 6.54 Å². The van der Waals surface area contributed by atoms with Crippen LogP contribution in [0.2, 0.25) is 0 Å². The molecule has 0 aliphatic heterocycles. The van der Waals surface area contributed by atoms with Crippen molar-refractivity contribution in [2.24, 2.45) is 5.92 Å². The molecule has 128 valence electrons. The maximum Gasteiger partial charge on any atom is 0.263 e. The van der Waals surface area contributed by atoms with Gasteiger partial charge in [-0.15, -0.1) is 0 Å². The van der Waals surface area contributed by atoms with E-state index in [0.29, 0.717) is 6.54 Å². The Morgan fingerprint density at radius 1 is 1.21 bits per heavy atom. The Hall–Kier alpha value is -2.10. The second kappa shape index (κ2) is 7.20. The quantitative estimate of drug-likeness (QED) is 0.931. The number of aryl methyl sites for hydroxylation is 1. The second-order valence-electron chi connectivity index (χ2n) is 7.00. The molecule has 0 saturated heterocycles. The van der Waals surface area contributed by atoms with Crippen LogP contribution in [-0.4, -0.2) is 16.5 Å². The standard InChI is InChI=1S/C20H26N2O2/c1-3-12-22-18-7-5-4-6-15(18)13-17(20(22)24)19(23)21-16-10-8-14(2)9-11-16/h4-7,13-14,16H,3,8-12H2,1-2H3,(H,21,23). The van der Waals surface area contributed by atoms with E-state index >= 15 is 0 Å². The van der Waals surface area contributed by atoms with Crippen LogP contribution in [0.1, 0.15) is 56.3 Å². The highest BCUT2D eigenvalue weighted by Gasteiger charge is 2.22. The molecule has 1 aromatic carbocycles. The van der Waals surface area contributed by atoms with E-state index in [1.807, 2.05) is 31.2 Å². The first-order valence-corrected chi connectivity index (χ1v) is 9.03. The van der Waals surface area contributed by atoms with Gasteiger partial charge in [0.15, 0.2) is 0 Å².